The fourth-order valence-electron chi connectivity index (χ4n) is 2.33. The summed E-state index contributed by atoms with van der Waals surface area (Å²) >= 11 is 6.07. The molecule has 2 heteroatoms. The average molecular weight is 282 g/mol. The molecule has 1 aromatic rings. The zero-order valence-corrected chi connectivity index (χ0v) is 13.3. The van der Waals surface area contributed by atoms with E-state index in [0.29, 0.717) is 5.92 Å². The number of halogens is 1. The Hall–Kier alpha value is -0.530. The molecule has 0 heterocycles. The molecule has 1 unspecified atom stereocenters. The Bertz CT molecular complexity index is 349. The highest BCUT2D eigenvalue weighted by molar-refractivity contribution is 6.30. The van der Waals surface area contributed by atoms with E-state index in [1.807, 2.05) is 6.07 Å². The van der Waals surface area contributed by atoms with Crippen molar-refractivity contribution < 1.29 is 0 Å². The molecular formula is C17H28ClN. The predicted octanol–water partition coefficient (Wildman–Crippen LogP) is 4.93. The van der Waals surface area contributed by atoms with Gasteiger partial charge in [0.25, 0.3) is 0 Å². The standard InChI is InChI=1S/C17H28ClN/c1-4-10-19-13-16(9-8-14(2)3)11-15-6-5-7-17(18)12-15/h5-7,12,14,16,19H,4,8-11,13H2,1-3H3. The van der Waals surface area contributed by atoms with E-state index in [4.69, 9.17) is 11.6 Å². The zero-order valence-electron chi connectivity index (χ0n) is 12.6. The van der Waals surface area contributed by atoms with Crippen molar-refractivity contribution in [1.82, 2.24) is 5.32 Å². The molecule has 1 nitrogen and oxygen atoms in total. The largest absolute Gasteiger partial charge is 0.316 e. The average Bonchev–Trinajstić information content (AvgIpc) is 2.36. The second-order valence-electron chi connectivity index (χ2n) is 5.88. The highest BCUT2D eigenvalue weighted by Gasteiger charge is 2.10. The van der Waals surface area contributed by atoms with E-state index in [1.54, 1.807) is 0 Å². The number of hydrogen-bond donors (Lipinski definition) is 1. The normalized spacial score (nSPS) is 12.9. The first-order valence-corrected chi connectivity index (χ1v) is 7.94. The Morgan fingerprint density at radius 3 is 2.63 bits per heavy atom. The molecule has 1 rings (SSSR count). The Morgan fingerprint density at radius 1 is 1.21 bits per heavy atom. The number of nitrogens with one attached hydrogen (secondary N) is 1. The molecule has 0 aromatic heterocycles. The molecule has 1 aromatic carbocycles. The Labute approximate surface area is 123 Å². The summed E-state index contributed by atoms with van der Waals surface area (Å²) in [4.78, 5) is 0. The quantitative estimate of drug-likeness (QED) is 0.633. The Kier molecular flexibility index (Phi) is 8.16. The van der Waals surface area contributed by atoms with Crippen LogP contribution in [0.5, 0.6) is 0 Å². The Balaban J connectivity index is 2.51. The van der Waals surface area contributed by atoms with Crippen molar-refractivity contribution in [3.05, 3.63) is 34.9 Å². The first kappa shape index (κ1) is 16.5. The van der Waals surface area contributed by atoms with E-state index in [1.165, 1.54) is 24.8 Å². The van der Waals surface area contributed by atoms with Gasteiger partial charge in [-0.1, -0.05) is 50.9 Å². The zero-order chi connectivity index (χ0) is 14.1. The van der Waals surface area contributed by atoms with Crippen LogP contribution in [0.15, 0.2) is 24.3 Å². The van der Waals surface area contributed by atoms with Crippen LogP contribution in [0.1, 0.15) is 45.6 Å². The second kappa shape index (κ2) is 9.39. The first-order valence-electron chi connectivity index (χ1n) is 7.57. The van der Waals surface area contributed by atoms with Crippen LogP contribution in [0.25, 0.3) is 0 Å². The Morgan fingerprint density at radius 2 is 2.00 bits per heavy atom. The molecule has 0 fully saturated rings. The van der Waals surface area contributed by atoms with E-state index in [9.17, 15) is 0 Å². The molecule has 0 spiro atoms. The highest BCUT2D eigenvalue weighted by atomic mass is 35.5. The van der Waals surface area contributed by atoms with Crippen LogP contribution in [-0.4, -0.2) is 13.1 Å². The van der Waals surface area contributed by atoms with Crippen molar-refractivity contribution in [3.63, 3.8) is 0 Å². The lowest BCUT2D eigenvalue weighted by molar-refractivity contribution is 0.399. The predicted molar refractivity (Wildman–Crippen MR) is 85.9 cm³/mol. The van der Waals surface area contributed by atoms with Crippen molar-refractivity contribution in [1.29, 1.82) is 0 Å². The van der Waals surface area contributed by atoms with Crippen molar-refractivity contribution in [3.8, 4) is 0 Å². The van der Waals surface area contributed by atoms with Gasteiger partial charge < -0.3 is 5.32 Å². The molecule has 0 aliphatic heterocycles. The molecule has 19 heavy (non-hydrogen) atoms. The summed E-state index contributed by atoms with van der Waals surface area (Å²) in [5.41, 5.74) is 1.36. The van der Waals surface area contributed by atoms with Crippen LogP contribution in [0.3, 0.4) is 0 Å². The smallest absolute Gasteiger partial charge is 0.0408 e. The summed E-state index contributed by atoms with van der Waals surface area (Å²) in [7, 11) is 0. The maximum atomic E-state index is 6.07. The number of hydrogen-bond acceptors (Lipinski definition) is 1. The third kappa shape index (κ3) is 7.59. The minimum atomic E-state index is 0.715. The second-order valence-corrected chi connectivity index (χ2v) is 6.31. The fourth-order valence-corrected chi connectivity index (χ4v) is 2.54. The van der Waals surface area contributed by atoms with E-state index >= 15 is 0 Å². The third-order valence-corrected chi connectivity index (χ3v) is 3.66. The van der Waals surface area contributed by atoms with Crippen molar-refractivity contribution in [2.24, 2.45) is 11.8 Å². The molecule has 0 aliphatic carbocycles. The van der Waals surface area contributed by atoms with Gasteiger partial charge in [0, 0.05) is 5.02 Å². The third-order valence-electron chi connectivity index (χ3n) is 3.43. The van der Waals surface area contributed by atoms with Gasteiger partial charge in [-0.3, -0.25) is 0 Å². The fraction of sp³-hybridized carbons (Fsp3) is 0.647. The van der Waals surface area contributed by atoms with Crippen molar-refractivity contribution in [2.45, 2.75) is 46.5 Å². The summed E-state index contributed by atoms with van der Waals surface area (Å²) in [6.07, 6.45) is 4.93. The van der Waals surface area contributed by atoms with Gasteiger partial charge in [0.2, 0.25) is 0 Å². The lowest BCUT2D eigenvalue weighted by Crippen LogP contribution is -2.25. The molecule has 1 N–H and O–H groups in total. The van der Waals surface area contributed by atoms with Crippen molar-refractivity contribution in [2.75, 3.05) is 13.1 Å². The van der Waals surface area contributed by atoms with Crippen LogP contribution in [0.4, 0.5) is 0 Å². The van der Waals surface area contributed by atoms with Gasteiger partial charge in [0.15, 0.2) is 0 Å². The highest BCUT2D eigenvalue weighted by Crippen LogP contribution is 2.19. The molecule has 0 saturated heterocycles. The topological polar surface area (TPSA) is 12.0 Å². The lowest BCUT2D eigenvalue weighted by atomic mass is 9.92. The van der Waals surface area contributed by atoms with Gasteiger partial charge in [0.1, 0.15) is 0 Å². The van der Waals surface area contributed by atoms with Gasteiger partial charge >= 0.3 is 0 Å². The van der Waals surface area contributed by atoms with E-state index in [-0.39, 0.29) is 0 Å². The minimum Gasteiger partial charge on any atom is -0.316 e. The first-order chi connectivity index (χ1) is 9.11. The molecule has 0 radical (unpaired) electrons. The molecule has 108 valence electrons. The van der Waals surface area contributed by atoms with E-state index in [0.717, 1.165) is 30.5 Å². The minimum absolute atomic E-state index is 0.715. The summed E-state index contributed by atoms with van der Waals surface area (Å²) in [5, 5.41) is 4.41. The van der Waals surface area contributed by atoms with Crippen LogP contribution >= 0.6 is 11.6 Å². The van der Waals surface area contributed by atoms with Crippen LogP contribution < -0.4 is 5.32 Å². The maximum absolute atomic E-state index is 6.07. The van der Waals surface area contributed by atoms with E-state index < -0.39 is 0 Å². The summed E-state index contributed by atoms with van der Waals surface area (Å²) < 4.78 is 0. The van der Waals surface area contributed by atoms with Gasteiger partial charge in [-0.15, -0.1) is 0 Å². The SMILES string of the molecule is CCCNCC(CCC(C)C)Cc1cccc(Cl)c1. The van der Waals surface area contributed by atoms with Gasteiger partial charge in [-0.25, -0.2) is 0 Å². The molecule has 1 atom stereocenters. The summed E-state index contributed by atoms with van der Waals surface area (Å²) in [5.74, 6) is 1.50. The molecular weight excluding hydrogens is 254 g/mol. The van der Waals surface area contributed by atoms with E-state index in [2.05, 4.69) is 44.3 Å². The molecule has 0 aliphatic rings. The number of rotatable bonds is 9. The molecule has 0 amide bonds. The van der Waals surface area contributed by atoms with Crippen LogP contribution in [0.2, 0.25) is 5.02 Å². The monoisotopic (exact) mass is 281 g/mol. The van der Waals surface area contributed by atoms with Crippen LogP contribution in [-0.2, 0) is 6.42 Å². The number of benzene rings is 1. The molecule has 0 saturated carbocycles. The van der Waals surface area contributed by atoms with Crippen LogP contribution in [0, 0.1) is 11.8 Å². The van der Waals surface area contributed by atoms with Gasteiger partial charge in [-0.05, 0) is 61.9 Å². The summed E-state index contributed by atoms with van der Waals surface area (Å²) in [6.45, 7) is 9.06. The van der Waals surface area contributed by atoms with Gasteiger partial charge in [0.05, 0.1) is 0 Å². The lowest BCUT2D eigenvalue weighted by Gasteiger charge is -2.19. The maximum Gasteiger partial charge on any atom is 0.0408 e. The van der Waals surface area contributed by atoms with Gasteiger partial charge in [-0.2, -0.15) is 0 Å². The van der Waals surface area contributed by atoms with Crippen molar-refractivity contribution >= 4 is 11.6 Å². The molecule has 0 bridgehead atoms. The summed E-state index contributed by atoms with van der Waals surface area (Å²) in [6, 6.07) is 8.29.